The number of nitrogens with one attached hydrogen (secondary N) is 1. The summed E-state index contributed by atoms with van der Waals surface area (Å²) in [6.45, 7) is 1.69. The first-order valence-electron chi connectivity index (χ1n) is 4.25. The fourth-order valence-corrected chi connectivity index (χ4v) is 1.07. The molecule has 15 heavy (non-hydrogen) atoms. The Balaban J connectivity index is 3.17. The molecule has 0 unspecified atom stereocenters. The first-order valence-corrected chi connectivity index (χ1v) is 4.25. The summed E-state index contributed by atoms with van der Waals surface area (Å²) in [5.74, 6) is 0. The van der Waals surface area contributed by atoms with Gasteiger partial charge in [0, 0.05) is 11.4 Å². The molecule has 0 fully saturated rings. The molecule has 1 aromatic rings. The second-order valence-electron chi connectivity index (χ2n) is 2.85. The molecule has 0 saturated heterocycles. The van der Waals surface area contributed by atoms with Crippen molar-refractivity contribution in [2.75, 3.05) is 5.32 Å². The summed E-state index contributed by atoms with van der Waals surface area (Å²) in [6, 6.07) is 2.21. The summed E-state index contributed by atoms with van der Waals surface area (Å²) >= 11 is 0. The van der Waals surface area contributed by atoms with Crippen molar-refractivity contribution in [2.45, 2.75) is 19.5 Å². The van der Waals surface area contributed by atoms with Gasteiger partial charge >= 0.3 is 6.18 Å². The van der Waals surface area contributed by atoms with Crippen LogP contribution in [-0.2, 0) is 17.4 Å². The van der Waals surface area contributed by atoms with Crippen molar-refractivity contribution in [1.29, 1.82) is 0 Å². The van der Waals surface area contributed by atoms with Crippen molar-refractivity contribution in [2.24, 2.45) is 0 Å². The highest BCUT2D eigenvalue weighted by Crippen LogP contribution is 2.29. The summed E-state index contributed by atoms with van der Waals surface area (Å²) in [7, 11) is 0. The Labute approximate surface area is 84.3 Å². The summed E-state index contributed by atoms with van der Waals surface area (Å²) in [5.41, 5.74) is -0.607. The highest BCUT2D eigenvalue weighted by atomic mass is 19.4. The standard InChI is InChI=1S/C9H9F3N2O/c1-2-6-3-7(13-5-15)4-8(14-6)9(10,11)12/h3-5H,2H2,1H3,(H,13,14,15). The van der Waals surface area contributed by atoms with E-state index < -0.39 is 11.9 Å². The minimum atomic E-state index is -4.50. The molecule has 0 atom stereocenters. The number of hydrogen-bond donors (Lipinski definition) is 1. The molecule has 0 spiro atoms. The first-order chi connectivity index (χ1) is 6.97. The maximum Gasteiger partial charge on any atom is 0.433 e. The lowest BCUT2D eigenvalue weighted by atomic mass is 10.2. The molecule has 0 radical (unpaired) electrons. The molecule has 1 N–H and O–H groups in total. The van der Waals surface area contributed by atoms with E-state index >= 15 is 0 Å². The molecular weight excluding hydrogens is 209 g/mol. The van der Waals surface area contributed by atoms with Gasteiger partial charge in [0.2, 0.25) is 6.41 Å². The van der Waals surface area contributed by atoms with E-state index in [0.29, 0.717) is 12.8 Å². The molecule has 6 heteroatoms. The van der Waals surface area contributed by atoms with E-state index in [-0.39, 0.29) is 11.4 Å². The van der Waals surface area contributed by atoms with Crippen molar-refractivity contribution in [3.63, 3.8) is 0 Å². The number of anilines is 1. The SMILES string of the molecule is CCc1cc(NC=O)cc(C(F)(F)F)n1. The molecule has 0 aliphatic carbocycles. The van der Waals surface area contributed by atoms with Crippen LogP contribution in [0.3, 0.4) is 0 Å². The molecular formula is C9H9F3N2O. The van der Waals surface area contributed by atoms with E-state index in [1.54, 1.807) is 6.92 Å². The average molecular weight is 218 g/mol. The van der Waals surface area contributed by atoms with Crippen LogP contribution in [0.2, 0.25) is 0 Å². The third kappa shape index (κ3) is 2.93. The van der Waals surface area contributed by atoms with Crippen LogP contribution >= 0.6 is 0 Å². The largest absolute Gasteiger partial charge is 0.433 e. The molecule has 0 saturated carbocycles. The number of aromatic nitrogens is 1. The third-order valence-electron chi connectivity index (χ3n) is 1.76. The van der Waals surface area contributed by atoms with E-state index in [1.807, 2.05) is 0 Å². The summed E-state index contributed by atoms with van der Waals surface area (Å²) in [5, 5.41) is 2.17. The number of aryl methyl sites for hydroxylation is 1. The quantitative estimate of drug-likeness (QED) is 0.790. The summed E-state index contributed by atoms with van der Waals surface area (Å²) < 4.78 is 37.0. The Morgan fingerprint density at radius 1 is 1.47 bits per heavy atom. The lowest BCUT2D eigenvalue weighted by Gasteiger charge is -2.09. The van der Waals surface area contributed by atoms with Gasteiger partial charge in [-0.25, -0.2) is 4.98 Å². The van der Waals surface area contributed by atoms with Crippen LogP contribution in [0.1, 0.15) is 18.3 Å². The van der Waals surface area contributed by atoms with Gasteiger partial charge in [-0.1, -0.05) is 6.92 Å². The molecule has 1 aromatic heterocycles. The highest BCUT2D eigenvalue weighted by molar-refractivity contribution is 5.71. The minimum absolute atomic E-state index is 0.101. The summed E-state index contributed by atoms with van der Waals surface area (Å²) in [4.78, 5) is 13.5. The zero-order valence-electron chi connectivity index (χ0n) is 7.93. The lowest BCUT2D eigenvalue weighted by Crippen LogP contribution is -2.10. The third-order valence-corrected chi connectivity index (χ3v) is 1.76. The van der Waals surface area contributed by atoms with Gasteiger partial charge in [0.15, 0.2) is 0 Å². The average Bonchev–Trinajstić information content (AvgIpc) is 2.16. The molecule has 0 aliphatic rings. The monoisotopic (exact) mass is 218 g/mol. The van der Waals surface area contributed by atoms with Crippen molar-refractivity contribution >= 4 is 12.1 Å². The van der Waals surface area contributed by atoms with E-state index in [4.69, 9.17) is 0 Å². The Bertz CT molecular complexity index is 363. The molecule has 0 bridgehead atoms. The van der Waals surface area contributed by atoms with Crippen LogP contribution in [-0.4, -0.2) is 11.4 Å². The zero-order valence-corrected chi connectivity index (χ0v) is 7.93. The maximum atomic E-state index is 12.3. The maximum absolute atomic E-state index is 12.3. The van der Waals surface area contributed by atoms with E-state index in [1.165, 1.54) is 6.07 Å². The number of alkyl halides is 3. The van der Waals surface area contributed by atoms with Crippen LogP contribution in [0.15, 0.2) is 12.1 Å². The van der Waals surface area contributed by atoms with Crippen molar-refractivity contribution in [3.8, 4) is 0 Å². The summed E-state index contributed by atoms with van der Waals surface area (Å²) in [6.07, 6.45) is -3.79. The van der Waals surface area contributed by atoms with E-state index in [0.717, 1.165) is 6.07 Å². The number of hydrogen-bond acceptors (Lipinski definition) is 2. The number of pyridine rings is 1. The fraction of sp³-hybridized carbons (Fsp3) is 0.333. The molecule has 1 rings (SSSR count). The Hall–Kier alpha value is -1.59. The van der Waals surface area contributed by atoms with Gasteiger partial charge in [-0.2, -0.15) is 13.2 Å². The van der Waals surface area contributed by atoms with Crippen molar-refractivity contribution in [3.05, 3.63) is 23.5 Å². The predicted octanol–water partition coefficient (Wildman–Crippen LogP) is 2.23. The predicted molar refractivity (Wildman–Crippen MR) is 48.3 cm³/mol. The Kier molecular flexibility index (Phi) is 3.28. The molecule has 0 aromatic carbocycles. The van der Waals surface area contributed by atoms with Gasteiger partial charge in [0.05, 0.1) is 0 Å². The minimum Gasteiger partial charge on any atom is -0.329 e. The van der Waals surface area contributed by atoms with Crippen molar-refractivity contribution in [1.82, 2.24) is 4.98 Å². The Morgan fingerprint density at radius 2 is 2.13 bits per heavy atom. The number of amides is 1. The van der Waals surface area contributed by atoms with Crippen LogP contribution in [0, 0.1) is 0 Å². The van der Waals surface area contributed by atoms with Gasteiger partial charge < -0.3 is 5.32 Å². The lowest BCUT2D eigenvalue weighted by molar-refractivity contribution is -0.141. The smallest absolute Gasteiger partial charge is 0.329 e. The van der Waals surface area contributed by atoms with Gasteiger partial charge in [-0.3, -0.25) is 4.79 Å². The van der Waals surface area contributed by atoms with Gasteiger partial charge in [-0.15, -0.1) is 0 Å². The van der Waals surface area contributed by atoms with E-state index in [2.05, 4.69) is 10.3 Å². The molecule has 3 nitrogen and oxygen atoms in total. The molecule has 82 valence electrons. The van der Waals surface area contributed by atoms with Crippen LogP contribution < -0.4 is 5.32 Å². The number of rotatable bonds is 3. The highest BCUT2D eigenvalue weighted by Gasteiger charge is 2.33. The van der Waals surface area contributed by atoms with E-state index in [9.17, 15) is 18.0 Å². The normalized spacial score (nSPS) is 11.2. The Morgan fingerprint density at radius 3 is 2.60 bits per heavy atom. The van der Waals surface area contributed by atoms with Gasteiger partial charge in [-0.05, 0) is 18.6 Å². The molecule has 1 heterocycles. The molecule has 1 amide bonds. The molecule has 0 aliphatic heterocycles. The van der Waals surface area contributed by atoms with Crippen LogP contribution in [0.5, 0.6) is 0 Å². The first kappa shape index (κ1) is 11.5. The number of halogens is 3. The number of carbonyl (C=O) groups is 1. The van der Waals surface area contributed by atoms with Crippen molar-refractivity contribution < 1.29 is 18.0 Å². The zero-order chi connectivity index (χ0) is 11.5. The topological polar surface area (TPSA) is 42.0 Å². The second kappa shape index (κ2) is 4.29. The second-order valence-corrected chi connectivity index (χ2v) is 2.85. The number of carbonyl (C=O) groups excluding carboxylic acids is 1. The van der Waals surface area contributed by atoms with Crippen LogP contribution in [0.4, 0.5) is 18.9 Å². The van der Waals surface area contributed by atoms with Gasteiger partial charge in [0.25, 0.3) is 0 Å². The van der Waals surface area contributed by atoms with Gasteiger partial charge in [0.1, 0.15) is 5.69 Å². The number of nitrogens with zero attached hydrogens (tertiary/aromatic N) is 1. The fourth-order valence-electron chi connectivity index (χ4n) is 1.07. The van der Waals surface area contributed by atoms with Crippen LogP contribution in [0.25, 0.3) is 0 Å².